The van der Waals surface area contributed by atoms with Crippen molar-refractivity contribution in [1.29, 1.82) is 0 Å². The molecule has 0 saturated carbocycles. The molecule has 0 unspecified atom stereocenters. The van der Waals surface area contributed by atoms with E-state index in [1.54, 1.807) is 0 Å². The zero-order chi connectivity index (χ0) is 14.2. The first-order valence-electron chi connectivity index (χ1n) is 5.20. The average Bonchev–Trinajstić information content (AvgIpc) is 2.31. The molecular weight excluding hydrogens is 258 g/mol. The van der Waals surface area contributed by atoms with E-state index in [9.17, 15) is 18.4 Å². The number of hydrogen-bond acceptors (Lipinski definition) is 3. The molecule has 0 aliphatic heterocycles. The van der Waals surface area contributed by atoms with Gasteiger partial charge in [0, 0.05) is 11.3 Å². The monoisotopic (exact) mass is 266 g/mol. The molecule has 0 aliphatic rings. The molecule has 1 aromatic carbocycles. The summed E-state index contributed by atoms with van der Waals surface area (Å²) >= 11 is 0. The van der Waals surface area contributed by atoms with Crippen LogP contribution in [0.1, 0.15) is 16.1 Å². The maximum absolute atomic E-state index is 13.2. The molecule has 19 heavy (non-hydrogen) atoms. The number of hydrogen-bond donors (Lipinski definition) is 2. The number of rotatable bonds is 2. The highest BCUT2D eigenvalue weighted by molar-refractivity contribution is 5.95. The van der Waals surface area contributed by atoms with Gasteiger partial charge in [-0.1, -0.05) is 0 Å². The zero-order valence-electron chi connectivity index (χ0n) is 9.70. The Hall–Kier alpha value is -2.57. The molecule has 98 valence electrons. The Morgan fingerprint density at radius 2 is 2.00 bits per heavy atom. The normalized spacial score (nSPS) is 10.5. The van der Waals surface area contributed by atoms with Crippen LogP contribution in [0, 0.1) is 18.6 Å². The fourth-order valence-corrected chi connectivity index (χ4v) is 1.70. The minimum absolute atomic E-state index is 0.0190. The van der Waals surface area contributed by atoms with Crippen molar-refractivity contribution >= 4 is 5.97 Å². The molecule has 0 spiro atoms. The number of aryl methyl sites for hydroxylation is 1. The lowest BCUT2D eigenvalue weighted by molar-refractivity contribution is 0.0696. The molecule has 7 heteroatoms. The lowest BCUT2D eigenvalue weighted by Crippen LogP contribution is -2.18. The van der Waals surface area contributed by atoms with Crippen molar-refractivity contribution in [2.45, 2.75) is 6.92 Å². The Labute approximate surface area is 105 Å². The number of aromatic amines is 1. The number of carboxylic acid groups (broad SMARTS) is 1. The smallest absolute Gasteiger partial charge is 0.345 e. The molecule has 0 atom stereocenters. The van der Waals surface area contributed by atoms with Crippen molar-refractivity contribution in [3.8, 4) is 11.3 Å². The Bertz CT molecular complexity index is 725. The lowest BCUT2D eigenvalue weighted by Gasteiger charge is -2.07. The van der Waals surface area contributed by atoms with Gasteiger partial charge in [-0.15, -0.1) is 0 Å². The standard InChI is InChI=1S/C12H8F2N2O3/c1-5-9(11(17)18)10(16-12(19)15-5)6-2-3-7(13)8(14)4-6/h2-4H,1H3,(H,17,18)(H,15,16,19). The average molecular weight is 266 g/mol. The Morgan fingerprint density at radius 3 is 2.58 bits per heavy atom. The summed E-state index contributed by atoms with van der Waals surface area (Å²) in [6.07, 6.45) is 0. The van der Waals surface area contributed by atoms with Gasteiger partial charge in [-0.05, 0) is 25.1 Å². The van der Waals surface area contributed by atoms with Gasteiger partial charge in [0.15, 0.2) is 11.6 Å². The van der Waals surface area contributed by atoms with Crippen LogP contribution in [0.3, 0.4) is 0 Å². The third kappa shape index (κ3) is 2.35. The van der Waals surface area contributed by atoms with Crippen LogP contribution in [0.25, 0.3) is 11.3 Å². The third-order valence-corrected chi connectivity index (χ3v) is 2.53. The second kappa shape index (κ2) is 4.60. The molecule has 1 aromatic heterocycles. The summed E-state index contributed by atoms with van der Waals surface area (Å²) in [6.45, 7) is 1.38. The predicted octanol–water partition coefficient (Wildman–Crippen LogP) is 1.72. The van der Waals surface area contributed by atoms with Gasteiger partial charge in [0.25, 0.3) is 0 Å². The highest BCUT2D eigenvalue weighted by atomic mass is 19.2. The molecule has 1 heterocycles. The summed E-state index contributed by atoms with van der Waals surface area (Å²) in [4.78, 5) is 28.2. The summed E-state index contributed by atoms with van der Waals surface area (Å²) in [5.41, 5.74) is -1.11. The van der Waals surface area contributed by atoms with Crippen LogP contribution in [-0.4, -0.2) is 21.0 Å². The maximum Gasteiger partial charge on any atom is 0.345 e. The number of nitrogens with zero attached hydrogens (tertiary/aromatic N) is 1. The summed E-state index contributed by atoms with van der Waals surface area (Å²) in [5.74, 6) is -3.53. The number of halogens is 2. The van der Waals surface area contributed by atoms with Crippen molar-refractivity contribution in [3.05, 3.63) is 51.6 Å². The fraction of sp³-hybridized carbons (Fsp3) is 0.0833. The van der Waals surface area contributed by atoms with E-state index in [2.05, 4.69) is 9.97 Å². The highest BCUT2D eigenvalue weighted by Crippen LogP contribution is 2.23. The molecule has 2 rings (SSSR count). The van der Waals surface area contributed by atoms with E-state index < -0.39 is 23.3 Å². The van der Waals surface area contributed by atoms with E-state index in [4.69, 9.17) is 5.11 Å². The number of aromatic carboxylic acids is 1. The van der Waals surface area contributed by atoms with Gasteiger partial charge in [0.2, 0.25) is 0 Å². The van der Waals surface area contributed by atoms with E-state index in [-0.39, 0.29) is 22.5 Å². The summed E-state index contributed by atoms with van der Waals surface area (Å²) in [5, 5.41) is 9.09. The van der Waals surface area contributed by atoms with Gasteiger partial charge in [-0.25, -0.2) is 18.4 Å². The van der Waals surface area contributed by atoms with Gasteiger partial charge in [-0.3, -0.25) is 0 Å². The largest absolute Gasteiger partial charge is 0.478 e. The van der Waals surface area contributed by atoms with E-state index in [0.717, 1.165) is 18.2 Å². The van der Waals surface area contributed by atoms with Gasteiger partial charge in [0.05, 0.1) is 5.69 Å². The van der Waals surface area contributed by atoms with Gasteiger partial charge in [-0.2, -0.15) is 4.98 Å². The van der Waals surface area contributed by atoms with Gasteiger partial charge in [0.1, 0.15) is 5.56 Å². The van der Waals surface area contributed by atoms with Crippen LogP contribution in [0.5, 0.6) is 0 Å². The summed E-state index contributed by atoms with van der Waals surface area (Å²) < 4.78 is 26.0. The Morgan fingerprint density at radius 1 is 1.32 bits per heavy atom. The lowest BCUT2D eigenvalue weighted by atomic mass is 10.0. The number of benzene rings is 1. The zero-order valence-corrected chi connectivity index (χ0v) is 9.70. The first-order chi connectivity index (χ1) is 8.90. The van der Waals surface area contributed by atoms with Gasteiger partial charge >= 0.3 is 11.7 Å². The van der Waals surface area contributed by atoms with Crippen LogP contribution in [0.4, 0.5) is 8.78 Å². The Balaban J connectivity index is 2.77. The predicted molar refractivity (Wildman–Crippen MR) is 61.9 cm³/mol. The Kier molecular flexibility index (Phi) is 3.12. The van der Waals surface area contributed by atoms with Crippen LogP contribution < -0.4 is 5.69 Å². The topological polar surface area (TPSA) is 83.0 Å². The first kappa shape index (κ1) is 12.9. The molecule has 5 nitrogen and oxygen atoms in total. The highest BCUT2D eigenvalue weighted by Gasteiger charge is 2.18. The second-order valence-corrected chi connectivity index (χ2v) is 3.82. The minimum atomic E-state index is -1.32. The minimum Gasteiger partial charge on any atom is -0.478 e. The van der Waals surface area contributed by atoms with E-state index in [0.29, 0.717) is 0 Å². The van der Waals surface area contributed by atoms with Crippen LogP contribution in [0.15, 0.2) is 23.0 Å². The van der Waals surface area contributed by atoms with Gasteiger partial charge < -0.3 is 10.1 Å². The number of H-pyrrole nitrogens is 1. The van der Waals surface area contributed by atoms with Crippen molar-refractivity contribution < 1.29 is 18.7 Å². The molecule has 0 radical (unpaired) electrons. The quantitative estimate of drug-likeness (QED) is 0.867. The molecule has 0 aliphatic carbocycles. The molecule has 0 amide bonds. The van der Waals surface area contributed by atoms with Crippen molar-refractivity contribution in [2.75, 3.05) is 0 Å². The molecule has 0 fully saturated rings. The molecule has 0 bridgehead atoms. The summed E-state index contributed by atoms with van der Waals surface area (Å²) in [7, 11) is 0. The van der Waals surface area contributed by atoms with E-state index in [1.165, 1.54) is 6.92 Å². The summed E-state index contributed by atoms with van der Waals surface area (Å²) in [6, 6.07) is 2.80. The maximum atomic E-state index is 13.2. The number of carbonyl (C=O) groups is 1. The third-order valence-electron chi connectivity index (χ3n) is 2.53. The number of aromatic nitrogens is 2. The first-order valence-corrected chi connectivity index (χ1v) is 5.20. The second-order valence-electron chi connectivity index (χ2n) is 3.82. The van der Waals surface area contributed by atoms with Crippen molar-refractivity contribution in [1.82, 2.24) is 9.97 Å². The van der Waals surface area contributed by atoms with E-state index in [1.807, 2.05) is 0 Å². The number of carboxylic acids is 1. The van der Waals surface area contributed by atoms with Crippen molar-refractivity contribution in [3.63, 3.8) is 0 Å². The molecule has 0 saturated heterocycles. The van der Waals surface area contributed by atoms with Crippen LogP contribution >= 0.6 is 0 Å². The molecule has 2 N–H and O–H groups in total. The molecule has 2 aromatic rings. The SMILES string of the molecule is Cc1[nH]c(=O)nc(-c2ccc(F)c(F)c2)c1C(=O)O. The fourth-order valence-electron chi connectivity index (χ4n) is 1.70. The van der Waals surface area contributed by atoms with E-state index >= 15 is 0 Å². The van der Waals surface area contributed by atoms with Crippen LogP contribution in [-0.2, 0) is 0 Å². The number of nitrogens with one attached hydrogen (secondary N) is 1. The van der Waals surface area contributed by atoms with Crippen LogP contribution in [0.2, 0.25) is 0 Å². The molecular formula is C12H8F2N2O3. The van der Waals surface area contributed by atoms with Crippen molar-refractivity contribution in [2.24, 2.45) is 0 Å².